The third-order valence-corrected chi connectivity index (χ3v) is 8.25. The molecule has 5 aromatic carbocycles. The minimum atomic E-state index is 0.959. The van der Waals surface area contributed by atoms with E-state index in [-0.39, 0.29) is 0 Å². The van der Waals surface area contributed by atoms with Gasteiger partial charge in [-0.3, -0.25) is 15.0 Å². The number of hydrogen-bond acceptors (Lipinski definition) is 3. The van der Waals surface area contributed by atoms with Gasteiger partial charge in [-0.25, -0.2) is 0 Å². The number of nitrogens with zero attached hydrogens (tertiary/aromatic N) is 3. The first kappa shape index (κ1) is 25.8. The topological polar surface area (TPSA) is 38.7 Å². The Kier molecular flexibility index (Phi) is 6.47. The normalized spacial score (nSPS) is 11.2. The molecule has 0 spiro atoms. The molecule has 0 bridgehead atoms. The number of fused-ring (bicyclic) bond motifs is 2. The quantitative estimate of drug-likeness (QED) is 0.196. The van der Waals surface area contributed by atoms with Crippen molar-refractivity contribution in [2.24, 2.45) is 0 Å². The van der Waals surface area contributed by atoms with Crippen molar-refractivity contribution < 1.29 is 0 Å². The standard InChI is InChI=1S/C41H27N3/c1-2-10-34-33(9-1)40(30-18-14-28(15-19-30)37-11-3-6-24-42-37)35-23-22-32(39-13-5-8-26-44-39)27-36(35)41(34)31-20-16-29(17-21-31)38-12-4-7-25-43-38/h1-27H. The van der Waals surface area contributed by atoms with Crippen molar-refractivity contribution in [2.45, 2.75) is 0 Å². The Morgan fingerprint density at radius 3 is 1.09 bits per heavy atom. The van der Waals surface area contributed by atoms with Gasteiger partial charge in [0.15, 0.2) is 0 Å². The van der Waals surface area contributed by atoms with Crippen LogP contribution in [0.2, 0.25) is 0 Å². The summed E-state index contributed by atoms with van der Waals surface area (Å²) < 4.78 is 0. The second kappa shape index (κ2) is 11.0. The predicted molar refractivity (Wildman–Crippen MR) is 182 cm³/mol. The van der Waals surface area contributed by atoms with E-state index in [1.54, 1.807) is 0 Å². The van der Waals surface area contributed by atoms with E-state index in [0.29, 0.717) is 0 Å². The summed E-state index contributed by atoms with van der Waals surface area (Å²) in [6.45, 7) is 0. The molecule has 0 saturated heterocycles. The molecule has 0 unspecified atom stereocenters. The second-order valence-corrected chi connectivity index (χ2v) is 10.9. The molecule has 3 aromatic heterocycles. The van der Waals surface area contributed by atoms with E-state index in [2.05, 4.69) is 112 Å². The Bertz CT molecular complexity index is 2230. The zero-order valence-electron chi connectivity index (χ0n) is 23.9. The molecular formula is C41H27N3. The summed E-state index contributed by atoms with van der Waals surface area (Å²) in [5.41, 5.74) is 11.0. The van der Waals surface area contributed by atoms with E-state index in [1.165, 1.54) is 43.8 Å². The van der Waals surface area contributed by atoms with Crippen molar-refractivity contribution in [2.75, 3.05) is 0 Å². The van der Waals surface area contributed by atoms with Gasteiger partial charge in [0, 0.05) is 35.3 Å². The van der Waals surface area contributed by atoms with Crippen LogP contribution in [0.1, 0.15) is 0 Å². The first-order chi connectivity index (χ1) is 21.8. The van der Waals surface area contributed by atoms with Crippen molar-refractivity contribution in [1.29, 1.82) is 0 Å². The van der Waals surface area contributed by atoms with Gasteiger partial charge >= 0.3 is 0 Å². The van der Waals surface area contributed by atoms with Gasteiger partial charge in [0.1, 0.15) is 0 Å². The summed E-state index contributed by atoms with van der Waals surface area (Å²) in [6.07, 6.45) is 5.53. The summed E-state index contributed by atoms with van der Waals surface area (Å²) in [5, 5.41) is 4.84. The van der Waals surface area contributed by atoms with E-state index in [4.69, 9.17) is 0 Å². The van der Waals surface area contributed by atoms with Gasteiger partial charge < -0.3 is 0 Å². The Morgan fingerprint density at radius 1 is 0.273 bits per heavy atom. The fourth-order valence-electron chi connectivity index (χ4n) is 6.18. The van der Waals surface area contributed by atoms with Gasteiger partial charge in [0.25, 0.3) is 0 Å². The highest BCUT2D eigenvalue weighted by molar-refractivity contribution is 6.22. The molecule has 44 heavy (non-hydrogen) atoms. The van der Waals surface area contributed by atoms with Crippen molar-refractivity contribution in [3.05, 3.63) is 164 Å². The molecule has 0 amide bonds. The lowest BCUT2D eigenvalue weighted by molar-refractivity contribution is 1.33. The van der Waals surface area contributed by atoms with Crippen LogP contribution in [-0.2, 0) is 0 Å². The van der Waals surface area contributed by atoms with Gasteiger partial charge in [-0.05, 0) is 86.3 Å². The van der Waals surface area contributed by atoms with Crippen LogP contribution in [0.5, 0.6) is 0 Å². The number of pyridine rings is 3. The van der Waals surface area contributed by atoms with Gasteiger partial charge in [-0.2, -0.15) is 0 Å². The van der Waals surface area contributed by atoms with Crippen molar-refractivity contribution in [3.8, 4) is 56.0 Å². The van der Waals surface area contributed by atoms with Crippen LogP contribution in [0.25, 0.3) is 77.6 Å². The summed E-state index contributed by atoms with van der Waals surface area (Å²) in [4.78, 5) is 13.8. The maximum atomic E-state index is 4.67. The first-order valence-electron chi connectivity index (χ1n) is 14.8. The highest BCUT2D eigenvalue weighted by atomic mass is 14.7. The number of aromatic nitrogens is 3. The maximum absolute atomic E-state index is 4.67. The summed E-state index contributed by atoms with van der Waals surface area (Å²) in [7, 11) is 0. The second-order valence-electron chi connectivity index (χ2n) is 10.9. The Hall–Kier alpha value is -5.93. The molecule has 0 aliphatic carbocycles. The van der Waals surface area contributed by atoms with Gasteiger partial charge in [-0.15, -0.1) is 0 Å². The molecule has 206 valence electrons. The molecule has 0 N–H and O–H groups in total. The molecule has 8 aromatic rings. The van der Waals surface area contributed by atoms with E-state index >= 15 is 0 Å². The maximum Gasteiger partial charge on any atom is 0.0702 e. The lowest BCUT2D eigenvalue weighted by Crippen LogP contribution is -1.92. The fourth-order valence-corrected chi connectivity index (χ4v) is 6.18. The molecular weight excluding hydrogens is 534 g/mol. The summed E-state index contributed by atoms with van der Waals surface area (Å²) in [5.74, 6) is 0. The van der Waals surface area contributed by atoms with Crippen LogP contribution < -0.4 is 0 Å². The van der Waals surface area contributed by atoms with Crippen LogP contribution in [0.15, 0.2) is 164 Å². The lowest BCUT2D eigenvalue weighted by atomic mass is 9.84. The van der Waals surface area contributed by atoms with Crippen LogP contribution in [-0.4, -0.2) is 15.0 Å². The van der Waals surface area contributed by atoms with Gasteiger partial charge in [-0.1, -0.05) is 103 Å². The molecule has 0 saturated carbocycles. The minimum Gasteiger partial charge on any atom is -0.256 e. The number of rotatable bonds is 5. The van der Waals surface area contributed by atoms with E-state index in [9.17, 15) is 0 Å². The van der Waals surface area contributed by atoms with Gasteiger partial charge in [0.2, 0.25) is 0 Å². The number of benzene rings is 5. The van der Waals surface area contributed by atoms with Crippen LogP contribution >= 0.6 is 0 Å². The highest BCUT2D eigenvalue weighted by Gasteiger charge is 2.18. The lowest BCUT2D eigenvalue weighted by Gasteiger charge is -2.19. The van der Waals surface area contributed by atoms with Crippen LogP contribution in [0.4, 0.5) is 0 Å². The van der Waals surface area contributed by atoms with Gasteiger partial charge in [0.05, 0.1) is 17.1 Å². The third-order valence-electron chi connectivity index (χ3n) is 8.25. The third kappa shape index (κ3) is 4.61. The first-order valence-corrected chi connectivity index (χ1v) is 14.8. The molecule has 0 atom stereocenters. The smallest absolute Gasteiger partial charge is 0.0702 e. The molecule has 3 nitrogen and oxygen atoms in total. The molecule has 8 rings (SSSR count). The van der Waals surface area contributed by atoms with Crippen LogP contribution in [0.3, 0.4) is 0 Å². The fraction of sp³-hybridized carbons (Fsp3) is 0. The molecule has 3 heterocycles. The molecule has 0 radical (unpaired) electrons. The minimum absolute atomic E-state index is 0.959. The Labute approximate surface area is 256 Å². The predicted octanol–water partition coefficient (Wildman–Crippen LogP) is 10.5. The monoisotopic (exact) mass is 561 g/mol. The van der Waals surface area contributed by atoms with Crippen LogP contribution in [0, 0.1) is 0 Å². The molecule has 3 heteroatoms. The Morgan fingerprint density at radius 2 is 0.636 bits per heavy atom. The Balaban J connectivity index is 1.38. The summed E-state index contributed by atoms with van der Waals surface area (Å²) in [6, 6.07) is 51.2. The number of hydrogen-bond donors (Lipinski definition) is 0. The largest absolute Gasteiger partial charge is 0.256 e. The van der Waals surface area contributed by atoms with Crippen molar-refractivity contribution >= 4 is 21.5 Å². The zero-order valence-corrected chi connectivity index (χ0v) is 23.9. The molecule has 0 aliphatic rings. The van der Waals surface area contributed by atoms with E-state index in [1.807, 2.05) is 67.1 Å². The molecule has 0 aliphatic heterocycles. The zero-order chi connectivity index (χ0) is 29.3. The highest BCUT2D eigenvalue weighted by Crippen LogP contribution is 2.45. The summed E-state index contributed by atoms with van der Waals surface area (Å²) >= 11 is 0. The van der Waals surface area contributed by atoms with E-state index < -0.39 is 0 Å². The average Bonchev–Trinajstić information content (AvgIpc) is 3.12. The van der Waals surface area contributed by atoms with Crippen molar-refractivity contribution in [3.63, 3.8) is 0 Å². The average molecular weight is 562 g/mol. The van der Waals surface area contributed by atoms with E-state index in [0.717, 1.165) is 33.8 Å². The van der Waals surface area contributed by atoms with Crippen molar-refractivity contribution in [1.82, 2.24) is 15.0 Å². The molecule has 0 fully saturated rings. The SMILES string of the molecule is c1ccc(-c2ccc(-c3c4ccccc4c(-c4ccc(-c5ccccn5)cc4)c4cc(-c5ccccn5)ccc34)cc2)nc1.